The summed E-state index contributed by atoms with van der Waals surface area (Å²) in [6.07, 6.45) is 12.7. The Labute approximate surface area is 242 Å². The van der Waals surface area contributed by atoms with Gasteiger partial charge in [0, 0.05) is 25.4 Å². The lowest BCUT2D eigenvalue weighted by atomic mass is 9.85. The minimum absolute atomic E-state index is 0.0245. The molecule has 0 saturated carbocycles. The van der Waals surface area contributed by atoms with Gasteiger partial charge in [-0.1, -0.05) is 96.8 Å². The summed E-state index contributed by atoms with van der Waals surface area (Å²) in [5, 5.41) is 0. The molecule has 0 nitrogen and oxygen atoms in total. The van der Waals surface area contributed by atoms with Crippen LogP contribution in [0.25, 0.3) is 0 Å². The Balaban J connectivity index is 1.80. The number of aryl methyl sites for hydroxylation is 2. The van der Waals surface area contributed by atoms with Crippen LogP contribution in [-0.4, -0.2) is 0 Å². The van der Waals surface area contributed by atoms with Crippen LogP contribution in [0.3, 0.4) is 0 Å². The normalized spacial score (nSPS) is 11.1. The first-order valence-electron chi connectivity index (χ1n) is 13.9. The lowest BCUT2D eigenvalue weighted by Crippen LogP contribution is -2.12. The Hall–Kier alpha value is -1.78. The summed E-state index contributed by atoms with van der Waals surface area (Å²) in [6, 6.07) is 13.3. The molecule has 0 N–H and O–H groups in total. The molecule has 0 saturated heterocycles. The van der Waals surface area contributed by atoms with E-state index < -0.39 is 0 Å². The molecule has 0 radical (unpaired) electrons. The van der Waals surface area contributed by atoms with Crippen molar-refractivity contribution in [1.29, 1.82) is 0 Å². The van der Waals surface area contributed by atoms with Crippen molar-refractivity contribution in [2.75, 3.05) is 0 Å². The van der Waals surface area contributed by atoms with Crippen molar-refractivity contribution >= 4 is 38.6 Å². The van der Waals surface area contributed by atoms with Crippen LogP contribution in [-0.2, 0) is 18.3 Å². The summed E-state index contributed by atoms with van der Waals surface area (Å²) in [6.45, 7) is 11.3. The van der Waals surface area contributed by atoms with Gasteiger partial charge in [-0.15, -0.1) is 22.7 Å². The highest BCUT2D eigenvalue weighted by Crippen LogP contribution is 2.30. The Morgan fingerprint density at radius 3 is 1.51 bits per heavy atom. The third-order valence-corrected chi connectivity index (χ3v) is 9.43. The molecule has 0 aliphatic rings. The number of hydrogen-bond acceptors (Lipinski definition) is 2. The molecule has 3 heteroatoms. The van der Waals surface area contributed by atoms with Crippen LogP contribution in [0.4, 0.5) is 0 Å². The fourth-order valence-electron chi connectivity index (χ4n) is 4.11. The minimum atomic E-state index is 0.0245. The van der Waals surface area contributed by atoms with E-state index in [0.717, 1.165) is 25.4 Å². The molecule has 3 aromatic rings. The molecule has 0 fully saturated rings. The summed E-state index contributed by atoms with van der Waals surface area (Å²) in [5.41, 5.74) is 3.31. The zero-order valence-electron chi connectivity index (χ0n) is 23.2. The molecule has 3 rings (SSSR count). The van der Waals surface area contributed by atoms with Gasteiger partial charge in [0.2, 0.25) is 0 Å². The number of hydrogen-bond donors (Lipinski definition) is 0. The highest BCUT2D eigenvalue weighted by Gasteiger charge is 2.17. The SMILES string of the molecule is CCCCCCc1ccc(C#Cc2cc(C(C)(C)C)cc(C#Cc3ccc(CCCCCC)s3)c2Br)s1. The molecule has 0 amide bonds. The van der Waals surface area contributed by atoms with Gasteiger partial charge in [0.05, 0.1) is 9.75 Å². The number of halogens is 1. The van der Waals surface area contributed by atoms with Crippen molar-refractivity contribution in [1.82, 2.24) is 0 Å². The molecule has 0 spiro atoms. The summed E-state index contributed by atoms with van der Waals surface area (Å²) < 4.78 is 0.994. The van der Waals surface area contributed by atoms with Crippen molar-refractivity contribution in [3.8, 4) is 23.7 Å². The number of thiophene rings is 2. The second kappa shape index (κ2) is 15.0. The maximum atomic E-state index is 3.84. The lowest BCUT2D eigenvalue weighted by Gasteiger charge is -2.20. The van der Waals surface area contributed by atoms with E-state index in [2.05, 4.69) is 111 Å². The van der Waals surface area contributed by atoms with Crippen molar-refractivity contribution in [3.05, 3.63) is 77.1 Å². The summed E-state index contributed by atoms with van der Waals surface area (Å²) in [7, 11) is 0. The first-order chi connectivity index (χ1) is 17.8. The van der Waals surface area contributed by atoms with E-state index in [0.29, 0.717) is 0 Å². The van der Waals surface area contributed by atoms with Gasteiger partial charge in [-0.05, 0) is 89.0 Å². The largest absolute Gasteiger partial charge is 0.132 e. The topological polar surface area (TPSA) is 0 Å². The smallest absolute Gasteiger partial charge is 0.0775 e. The Morgan fingerprint density at radius 2 is 1.11 bits per heavy atom. The molecule has 0 aliphatic heterocycles. The molecule has 37 heavy (non-hydrogen) atoms. The standard InChI is InChI=1S/C34H41BrS2/c1-6-8-10-12-14-29-20-22-31(36-29)18-16-26-24-28(34(3,4)5)25-27(33(26)35)17-19-32-23-21-30(37-32)15-13-11-9-7-2/h20-25H,6-15H2,1-5H3. The quantitative estimate of drug-likeness (QED) is 0.162. The Kier molecular flexibility index (Phi) is 12.0. The molecule has 0 atom stereocenters. The predicted molar refractivity (Wildman–Crippen MR) is 169 cm³/mol. The van der Waals surface area contributed by atoms with Crippen molar-refractivity contribution in [3.63, 3.8) is 0 Å². The molecule has 1 aromatic carbocycles. The summed E-state index contributed by atoms with van der Waals surface area (Å²) in [4.78, 5) is 5.15. The molecule has 196 valence electrons. The van der Waals surface area contributed by atoms with Crippen LogP contribution in [0.2, 0.25) is 0 Å². The van der Waals surface area contributed by atoms with Crippen molar-refractivity contribution in [2.24, 2.45) is 0 Å². The second-order valence-corrected chi connectivity index (χ2v) is 13.9. The molecule has 0 unspecified atom stereocenters. The van der Waals surface area contributed by atoms with Crippen LogP contribution in [0.1, 0.15) is 122 Å². The van der Waals surface area contributed by atoms with Gasteiger partial charge >= 0.3 is 0 Å². The number of rotatable bonds is 10. The van der Waals surface area contributed by atoms with Crippen LogP contribution in [0.5, 0.6) is 0 Å². The van der Waals surface area contributed by atoms with Crippen LogP contribution < -0.4 is 0 Å². The molecule has 2 aromatic heterocycles. The third-order valence-electron chi connectivity index (χ3n) is 6.46. The molecular formula is C34H41BrS2. The first-order valence-corrected chi connectivity index (χ1v) is 16.3. The van der Waals surface area contributed by atoms with Gasteiger partial charge in [-0.25, -0.2) is 0 Å². The van der Waals surface area contributed by atoms with E-state index in [1.54, 1.807) is 0 Å². The highest BCUT2D eigenvalue weighted by atomic mass is 79.9. The Bertz CT molecular complexity index is 1170. The van der Waals surface area contributed by atoms with Crippen molar-refractivity contribution < 1.29 is 0 Å². The average Bonchev–Trinajstić information content (AvgIpc) is 3.52. The second-order valence-electron chi connectivity index (χ2n) is 10.8. The van der Waals surface area contributed by atoms with Gasteiger partial charge in [-0.2, -0.15) is 0 Å². The fourth-order valence-corrected chi connectivity index (χ4v) is 6.34. The number of benzene rings is 1. The summed E-state index contributed by atoms with van der Waals surface area (Å²) in [5.74, 6) is 13.8. The van der Waals surface area contributed by atoms with Gasteiger partial charge in [0.1, 0.15) is 0 Å². The minimum Gasteiger partial charge on any atom is -0.132 e. The van der Waals surface area contributed by atoms with Crippen LogP contribution in [0.15, 0.2) is 40.9 Å². The Morgan fingerprint density at radius 1 is 0.649 bits per heavy atom. The van der Waals surface area contributed by atoms with E-state index in [9.17, 15) is 0 Å². The van der Waals surface area contributed by atoms with Gasteiger partial charge in [0.15, 0.2) is 0 Å². The van der Waals surface area contributed by atoms with Crippen molar-refractivity contribution in [2.45, 2.75) is 104 Å². The molecule has 0 aliphatic carbocycles. The monoisotopic (exact) mass is 592 g/mol. The lowest BCUT2D eigenvalue weighted by molar-refractivity contribution is 0.589. The fraction of sp³-hybridized carbons (Fsp3) is 0.471. The van der Waals surface area contributed by atoms with E-state index in [1.807, 2.05) is 22.7 Å². The third kappa shape index (κ3) is 9.80. The maximum absolute atomic E-state index is 3.84. The average molecular weight is 594 g/mol. The zero-order chi connectivity index (χ0) is 26.7. The molecule has 2 heterocycles. The maximum Gasteiger partial charge on any atom is 0.0775 e. The van der Waals surface area contributed by atoms with Gasteiger partial charge in [0.25, 0.3) is 0 Å². The van der Waals surface area contributed by atoms with E-state index in [1.165, 1.54) is 79.5 Å². The first kappa shape index (κ1) is 29.8. The van der Waals surface area contributed by atoms with Crippen LogP contribution in [0, 0.1) is 23.7 Å². The summed E-state index contributed by atoms with van der Waals surface area (Å²) >= 11 is 7.50. The number of unbranched alkanes of at least 4 members (excludes halogenated alkanes) is 6. The predicted octanol–water partition coefficient (Wildman–Crippen LogP) is 10.9. The van der Waals surface area contributed by atoms with Crippen LogP contribution >= 0.6 is 38.6 Å². The van der Waals surface area contributed by atoms with E-state index in [-0.39, 0.29) is 5.41 Å². The van der Waals surface area contributed by atoms with Gasteiger partial charge in [-0.3, -0.25) is 0 Å². The zero-order valence-corrected chi connectivity index (χ0v) is 26.4. The highest BCUT2D eigenvalue weighted by molar-refractivity contribution is 9.10. The van der Waals surface area contributed by atoms with Gasteiger partial charge < -0.3 is 0 Å². The van der Waals surface area contributed by atoms with E-state index in [4.69, 9.17) is 0 Å². The van der Waals surface area contributed by atoms with E-state index >= 15 is 0 Å². The molecular weight excluding hydrogens is 552 g/mol. The molecule has 0 bridgehead atoms.